The van der Waals surface area contributed by atoms with Gasteiger partial charge in [-0.1, -0.05) is 0 Å². The number of carboxylic acid groups (broad SMARTS) is 2. The third-order valence-corrected chi connectivity index (χ3v) is 0. The summed E-state index contributed by atoms with van der Waals surface area (Å²) in [7, 11) is 0. The summed E-state index contributed by atoms with van der Waals surface area (Å²) in [5.74, 6) is 0. The van der Waals surface area contributed by atoms with Crippen molar-refractivity contribution in [1.29, 1.82) is 0 Å². The van der Waals surface area contributed by atoms with E-state index in [1.54, 1.807) is 0 Å². The fraction of sp³-hybridized carbons (Fsp3) is 0.500. The molecule has 0 radical (unpaired) electrons. The van der Waals surface area contributed by atoms with E-state index in [-0.39, 0.29) is 0 Å². The Balaban J connectivity index is 0. The topological polar surface area (TPSA) is 63.2 Å². The van der Waals surface area contributed by atoms with Gasteiger partial charge in [0.2, 0.25) is 0 Å². The van der Waals surface area contributed by atoms with Gasteiger partial charge >= 0.3 is 36.2 Å². The quantitative estimate of drug-likeness (QED) is 0.446. The van der Waals surface area contributed by atoms with Crippen LogP contribution in [0.4, 0.5) is 18.0 Å². The zero-order valence-electron chi connectivity index (χ0n) is 4.07. The maximum Gasteiger partial charge on any atom is -0.0431 e. The van der Waals surface area contributed by atoms with E-state index in [0.29, 0.717) is 0 Å². The van der Waals surface area contributed by atoms with E-state index in [2.05, 4.69) is 0 Å². The van der Waals surface area contributed by atoms with Crippen LogP contribution in [0.1, 0.15) is 0 Å². The van der Waals surface area contributed by atoms with Gasteiger partial charge in [-0.05, 0) is 6.16 Å². The van der Waals surface area contributed by atoms with Crippen LogP contribution >= 0.6 is 0 Å². The van der Waals surface area contributed by atoms with Gasteiger partial charge in [-0.15, -0.1) is 0 Å². The second kappa shape index (κ2) is 4.55. The fourth-order valence-electron chi connectivity index (χ4n) is 0. The molecule has 0 aromatic carbocycles. The normalized spacial score (nSPS) is 9.44. The van der Waals surface area contributed by atoms with E-state index in [1.165, 1.54) is 0 Å². The van der Waals surface area contributed by atoms with Gasteiger partial charge in [0.25, 0.3) is 0 Å². The monoisotopic (exact) mass is 193 g/mol. The predicted octanol–water partition coefficient (Wildman–Crippen LogP) is -1.39. The standard InChI is InChI=1S/CF3.CH2O3.Zn/c2*2-1(3)4;/h;(H2,2,3,4);/q;;+2/p-2. The van der Waals surface area contributed by atoms with Crippen LogP contribution in [0, 0.1) is 0 Å². The van der Waals surface area contributed by atoms with Crippen LogP contribution in [0.15, 0.2) is 0 Å². The Morgan fingerprint density at radius 3 is 1.33 bits per heavy atom. The average molecular weight is 194 g/mol. The van der Waals surface area contributed by atoms with Crippen molar-refractivity contribution in [2.75, 3.05) is 0 Å². The number of carbonyl (C=O) groups is 1. The Morgan fingerprint density at radius 2 is 1.33 bits per heavy atom. The molecule has 0 unspecified atom stereocenters. The maximum absolute atomic E-state index is 10.4. The third kappa shape index (κ3) is 2480. The Bertz CT molecular complexity index is 79.5. The summed E-state index contributed by atoms with van der Waals surface area (Å²) in [5.41, 5.74) is 0. The first kappa shape index (κ1) is 11.5. The van der Waals surface area contributed by atoms with Crippen molar-refractivity contribution in [3.63, 3.8) is 0 Å². The molecule has 0 aromatic rings. The van der Waals surface area contributed by atoms with Crippen LogP contribution in [-0.4, -0.2) is 10.9 Å². The number of rotatable bonds is 0. The molecule has 49 valence electrons. The van der Waals surface area contributed by atoms with Crippen LogP contribution in [0.25, 0.3) is 0 Å². The minimum absolute atomic E-state index is 0.604. The number of carbonyl (C=O) groups excluding carboxylic acids is 1. The molecule has 0 rings (SSSR count). The first-order chi connectivity index (χ1) is 3.73. The minimum Gasteiger partial charge on any atom is -0.652 e. The molecule has 0 fully saturated rings. The molecule has 7 heteroatoms. The summed E-state index contributed by atoms with van der Waals surface area (Å²) in [6, 6.07) is 0. The molecule has 0 atom stereocenters. The van der Waals surface area contributed by atoms with Gasteiger partial charge in [0.1, 0.15) is 0 Å². The summed E-state index contributed by atoms with van der Waals surface area (Å²) in [6.07, 6.45) is -2.33. The van der Waals surface area contributed by atoms with Crippen LogP contribution < -0.4 is 10.2 Å². The summed E-state index contributed by atoms with van der Waals surface area (Å²) >= 11 is -0.604. The van der Waals surface area contributed by atoms with E-state index in [9.17, 15) is 13.2 Å². The van der Waals surface area contributed by atoms with Gasteiger partial charge in [0.15, 0.2) is 0 Å². The first-order valence-corrected chi connectivity index (χ1v) is 3.02. The van der Waals surface area contributed by atoms with Crippen molar-refractivity contribution in [3.05, 3.63) is 0 Å². The van der Waals surface area contributed by atoms with E-state index in [4.69, 9.17) is 15.0 Å². The molecule has 0 spiro atoms. The Labute approximate surface area is 58.2 Å². The SMILES string of the molecule is F[C](F)(F)[Zn+2].O=C([O-])[O-]. The third-order valence-electron chi connectivity index (χ3n) is 0. The van der Waals surface area contributed by atoms with Crippen molar-refractivity contribution in [2.45, 2.75) is 4.77 Å². The van der Waals surface area contributed by atoms with Crippen molar-refractivity contribution in [3.8, 4) is 0 Å². The predicted molar refractivity (Wildman–Crippen MR) is 11.5 cm³/mol. The van der Waals surface area contributed by atoms with Gasteiger partial charge in [-0.25, -0.2) is 0 Å². The van der Waals surface area contributed by atoms with Gasteiger partial charge in [-0.3, -0.25) is 0 Å². The molecule has 0 amide bonds. The average Bonchev–Trinajstić information content (AvgIpc) is 1.19. The minimum atomic E-state index is -3.88. The van der Waals surface area contributed by atoms with Gasteiger partial charge in [-0.2, -0.15) is 0 Å². The first-order valence-electron chi connectivity index (χ1n) is 1.53. The molecule has 0 heterocycles. The van der Waals surface area contributed by atoms with Crippen LogP contribution in [0.5, 0.6) is 0 Å². The summed E-state index contributed by atoms with van der Waals surface area (Å²) in [6.45, 7) is 0. The molecule has 0 saturated heterocycles. The van der Waals surface area contributed by atoms with Crippen LogP contribution in [0.2, 0.25) is 0 Å². The number of halogens is 3. The second-order valence-electron chi connectivity index (χ2n) is 0.865. The Kier molecular flexibility index (Phi) is 5.80. The molecule has 0 aromatic heterocycles. The largest absolute Gasteiger partial charge is 0.652 e. The van der Waals surface area contributed by atoms with Crippen LogP contribution in [0.3, 0.4) is 0 Å². The smallest absolute Gasteiger partial charge is 0.0431 e. The van der Waals surface area contributed by atoms with Gasteiger partial charge < -0.3 is 15.0 Å². The molecule has 0 N–H and O–H groups in total. The molecule has 3 nitrogen and oxygen atoms in total. The Hall–Kier alpha value is -0.317. The summed E-state index contributed by atoms with van der Waals surface area (Å²) < 4.78 is 27.4. The van der Waals surface area contributed by atoms with E-state index in [1.807, 2.05) is 0 Å². The van der Waals surface area contributed by atoms with Crippen molar-refractivity contribution in [2.24, 2.45) is 0 Å². The molecule has 0 bridgehead atoms. The second-order valence-corrected chi connectivity index (χ2v) is 2.55. The fourth-order valence-corrected chi connectivity index (χ4v) is 0. The molecule has 0 aliphatic heterocycles. The van der Waals surface area contributed by atoms with E-state index >= 15 is 0 Å². The van der Waals surface area contributed by atoms with E-state index in [0.717, 1.165) is 0 Å². The Morgan fingerprint density at radius 1 is 1.33 bits per heavy atom. The summed E-state index contributed by atoms with van der Waals surface area (Å²) in [4.78, 5) is 8.33. The number of hydrogen-bond donors (Lipinski definition) is 0. The summed E-state index contributed by atoms with van der Waals surface area (Å²) in [5, 5.41) is 16.7. The number of alkyl halides is 3. The van der Waals surface area contributed by atoms with Crippen molar-refractivity contribution < 1.29 is 46.5 Å². The molecule has 0 saturated carbocycles. The molecular formula is C2F3O3Zn. The van der Waals surface area contributed by atoms with Crippen molar-refractivity contribution in [1.82, 2.24) is 0 Å². The zero-order chi connectivity index (χ0) is 8.08. The van der Waals surface area contributed by atoms with E-state index < -0.39 is 29.2 Å². The van der Waals surface area contributed by atoms with Gasteiger partial charge in [0, 0.05) is 0 Å². The molecule has 9 heavy (non-hydrogen) atoms. The number of hydrogen-bond acceptors (Lipinski definition) is 3. The molecule has 0 aliphatic carbocycles. The van der Waals surface area contributed by atoms with Crippen LogP contribution in [-0.2, 0) is 18.3 Å². The maximum atomic E-state index is 10.4. The van der Waals surface area contributed by atoms with Crippen molar-refractivity contribution >= 4 is 6.16 Å². The van der Waals surface area contributed by atoms with Gasteiger partial charge in [0.05, 0.1) is 0 Å². The molecule has 0 aliphatic rings. The molecular weight excluding hydrogens is 194 g/mol. The zero-order valence-corrected chi connectivity index (χ0v) is 7.03.